The third-order valence-corrected chi connectivity index (χ3v) is 6.49. The summed E-state index contributed by atoms with van der Waals surface area (Å²) in [6, 6.07) is 6.56. The van der Waals surface area contributed by atoms with Crippen LogP contribution >= 0.6 is 0 Å². The van der Waals surface area contributed by atoms with Crippen LogP contribution in [0.4, 0.5) is 8.78 Å². The number of carbonyl (C=O) groups is 1. The quantitative estimate of drug-likeness (QED) is 0.492. The fraction of sp³-hybridized carbons (Fsp3) is 0.526. The van der Waals surface area contributed by atoms with Crippen LogP contribution < -0.4 is 4.74 Å². The van der Waals surface area contributed by atoms with E-state index >= 15 is 0 Å². The number of rotatable bonds is 8. The lowest BCUT2D eigenvalue weighted by atomic mass is 9.91. The normalized spacial score (nSPS) is 21.3. The van der Waals surface area contributed by atoms with E-state index in [0.29, 0.717) is 31.3 Å². The molecule has 1 heterocycles. The summed E-state index contributed by atoms with van der Waals surface area (Å²) in [5.41, 5.74) is 0.524. The zero-order valence-corrected chi connectivity index (χ0v) is 16.2. The summed E-state index contributed by atoms with van der Waals surface area (Å²) in [7, 11) is -4.52. The molecule has 2 rings (SSSR count). The minimum absolute atomic E-state index is 0.115. The molecule has 5 nitrogen and oxygen atoms in total. The molecular formula is C19H24F2O5S. The van der Waals surface area contributed by atoms with Gasteiger partial charge in [0.2, 0.25) is 9.84 Å². The van der Waals surface area contributed by atoms with Gasteiger partial charge in [0.15, 0.2) is 5.78 Å². The zero-order valence-electron chi connectivity index (χ0n) is 15.4. The van der Waals surface area contributed by atoms with E-state index in [4.69, 9.17) is 9.47 Å². The number of halogens is 2. The van der Waals surface area contributed by atoms with Crippen molar-refractivity contribution < 1.29 is 31.5 Å². The highest BCUT2D eigenvalue weighted by Crippen LogP contribution is 2.30. The predicted octanol–water partition coefficient (Wildman–Crippen LogP) is 3.50. The first-order chi connectivity index (χ1) is 12.6. The van der Waals surface area contributed by atoms with Crippen LogP contribution in [0.3, 0.4) is 0 Å². The Labute approximate surface area is 158 Å². The molecule has 1 aromatic carbocycles. The molecule has 1 aliphatic rings. The number of hydrogen-bond donors (Lipinski definition) is 0. The first-order valence-electron chi connectivity index (χ1n) is 8.72. The van der Waals surface area contributed by atoms with E-state index in [-0.39, 0.29) is 24.9 Å². The highest BCUT2D eigenvalue weighted by atomic mass is 32.2. The second-order valence-electron chi connectivity index (χ2n) is 6.67. The average molecular weight is 402 g/mol. The fourth-order valence-corrected chi connectivity index (χ4v) is 4.13. The van der Waals surface area contributed by atoms with Crippen molar-refractivity contribution in [2.75, 3.05) is 25.6 Å². The van der Waals surface area contributed by atoms with Crippen LogP contribution in [0.2, 0.25) is 0 Å². The lowest BCUT2D eigenvalue weighted by molar-refractivity contribution is 0.00359. The monoisotopic (exact) mass is 402 g/mol. The summed E-state index contributed by atoms with van der Waals surface area (Å²) in [6.45, 7) is 2.91. The molecule has 0 spiro atoms. The zero-order chi connectivity index (χ0) is 20.1. The Morgan fingerprint density at radius 2 is 1.96 bits per heavy atom. The molecule has 150 valence electrons. The first-order valence-corrected chi connectivity index (χ1v) is 10.4. The van der Waals surface area contributed by atoms with Gasteiger partial charge in [-0.05, 0) is 49.6 Å². The van der Waals surface area contributed by atoms with Gasteiger partial charge < -0.3 is 9.47 Å². The number of hydrogen-bond acceptors (Lipinski definition) is 5. The minimum Gasteiger partial charge on any atom is -0.493 e. The second-order valence-corrected chi connectivity index (χ2v) is 8.95. The molecule has 0 N–H and O–H groups in total. The van der Waals surface area contributed by atoms with Crippen LogP contribution in [0.5, 0.6) is 5.75 Å². The maximum Gasteiger partial charge on any atom is 0.342 e. The molecule has 27 heavy (non-hydrogen) atoms. The first kappa shape index (κ1) is 21.5. The molecule has 0 aliphatic carbocycles. The lowest BCUT2D eigenvalue weighted by Crippen LogP contribution is -2.39. The number of allylic oxidation sites excluding steroid dienone is 2. The summed E-state index contributed by atoms with van der Waals surface area (Å²) in [6.07, 6.45) is 3.51. The lowest BCUT2D eigenvalue weighted by Gasteiger charge is -2.31. The topological polar surface area (TPSA) is 69.7 Å². The molecular weight excluding hydrogens is 378 g/mol. The molecule has 1 aliphatic heterocycles. The smallest absolute Gasteiger partial charge is 0.342 e. The molecule has 2 unspecified atom stereocenters. The molecule has 0 saturated carbocycles. The summed E-state index contributed by atoms with van der Waals surface area (Å²) in [5.74, 6) is -0.953. The third kappa shape index (κ3) is 5.84. The van der Waals surface area contributed by atoms with Crippen LogP contribution in [-0.4, -0.2) is 45.0 Å². The molecule has 8 heteroatoms. The number of alkyl halides is 2. The van der Waals surface area contributed by atoms with Gasteiger partial charge in [-0.2, -0.15) is 8.78 Å². The van der Waals surface area contributed by atoms with Crippen molar-refractivity contribution in [3.63, 3.8) is 0 Å². The van der Waals surface area contributed by atoms with E-state index in [9.17, 15) is 22.0 Å². The van der Waals surface area contributed by atoms with Crippen LogP contribution in [0.25, 0.3) is 0 Å². The van der Waals surface area contributed by atoms with Crippen LogP contribution in [0.1, 0.15) is 30.6 Å². The van der Waals surface area contributed by atoms with Crippen molar-refractivity contribution in [2.45, 2.75) is 25.5 Å². The highest BCUT2D eigenvalue weighted by molar-refractivity contribution is 7.92. The van der Waals surface area contributed by atoms with Crippen molar-refractivity contribution in [1.82, 2.24) is 0 Å². The molecule has 0 aromatic heterocycles. The van der Waals surface area contributed by atoms with Gasteiger partial charge in [-0.25, -0.2) is 8.42 Å². The Balaban J connectivity index is 1.99. The van der Waals surface area contributed by atoms with Gasteiger partial charge in [0.25, 0.3) is 0 Å². The van der Waals surface area contributed by atoms with Gasteiger partial charge in [-0.15, -0.1) is 0 Å². The highest BCUT2D eigenvalue weighted by Gasteiger charge is 2.42. The Hall–Kier alpha value is -1.80. The summed E-state index contributed by atoms with van der Waals surface area (Å²) in [4.78, 5) is 11.8. The van der Waals surface area contributed by atoms with Gasteiger partial charge >= 0.3 is 5.25 Å². The van der Waals surface area contributed by atoms with Gasteiger partial charge in [-0.3, -0.25) is 4.79 Å². The number of benzene rings is 1. The van der Waals surface area contributed by atoms with Crippen LogP contribution in [0.15, 0.2) is 36.4 Å². The van der Waals surface area contributed by atoms with Crippen molar-refractivity contribution in [1.29, 1.82) is 0 Å². The SMILES string of the molecule is C/C=C/C(=O)c1ccc(OCC2COCCC2CS(=O)(=O)C(C)(F)F)cc1. The molecule has 1 saturated heterocycles. The summed E-state index contributed by atoms with van der Waals surface area (Å²) in [5, 5.41) is -3.76. The molecule has 0 bridgehead atoms. The van der Waals surface area contributed by atoms with E-state index in [2.05, 4.69) is 0 Å². The standard InChI is InChI=1S/C19H24F2O5S/c1-3-4-18(22)14-5-7-17(8-6-14)26-12-16-11-25-10-9-15(16)13-27(23,24)19(2,20)21/h3-8,15-16H,9-13H2,1-2H3/b4-3+. The van der Waals surface area contributed by atoms with E-state index < -0.39 is 26.8 Å². The van der Waals surface area contributed by atoms with Gasteiger partial charge in [-0.1, -0.05) is 6.08 Å². The van der Waals surface area contributed by atoms with E-state index in [1.165, 1.54) is 6.08 Å². The fourth-order valence-electron chi connectivity index (χ4n) is 2.84. The van der Waals surface area contributed by atoms with Crippen molar-refractivity contribution >= 4 is 15.6 Å². The van der Waals surface area contributed by atoms with E-state index in [1.54, 1.807) is 37.3 Å². The Morgan fingerprint density at radius 3 is 2.56 bits per heavy atom. The molecule has 1 fully saturated rings. The van der Waals surface area contributed by atoms with Crippen molar-refractivity contribution in [3.8, 4) is 5.75 Å². The Morgan fingerprint density at radius 1 is 1.30 bits per heavy atom. The molecule has 0 radical (unpaired) electrons. The second kappa shape index (κ2) is 8.93. The number of ether oxygens (including phenoxy) is 2. The predicted molar refractivity (Wildman–Crippen MR) is 97.9 cm³/mol. The van der Waals surface area contributed by atoms with Gasteiger partial charge in [0.1, 0.15) is 5.75 Å². The number of ketones is 1. The molecule has 1 aromatic rings. The number of sulfone groups is 1. The Kier molecular flexibility index (Phi) is 7.11. The van der Waals surface area contributed by atoms with Gasteiger partial charge in [0.05, 0.1) is 19.0 Å². The number of carbonyl (C=O) groups excluding carboxylic acids is 1. The summed E-state index contributed by atoms with van der Waals surface area (Å²) >= 11 is 0. The third-order valence-electron chi connectivity index (χ3n) is 4.53. The van der Waals surface area contributed by atoms with Crippen LogP contribution in [0, 0.1) is 11.8 Å². The minimum atomic E-state index is -4.52. The van der Waals surface area contributed by atoms with E-state index in [0.717, 1.165) is 0 Å². The molecule has 2 atom stereocenters. The maximum absolute atomic E-state index is 13.3. The van der Waals surface area contributed by atoms with Crippen LogP contribution in [-0.2, 0) is 14.6 Å². The Bertz CT molecular complexity index is 766. The molecule has 0 amide bonds. The maximum atomic E-state index is 13.3. The van der Waals surface area contributed by atoms with Crippen molar-refractivity contribution in [2.24, 2.45) is 11.8 Å². The van der Waals surface area contributed by atoms with Crippen molar-refractivity contribution in [3.05, 3.63) is 42.0 Å². The average Bonchev–Trinajstić information content (AvgIpc) is 2.60. The van der Waals surface area contributed by atoms with E-state index in [1.807, 2.05) is 0 Å². The van der Waals surface area contributed by atoms with Gasteiger partial charge in [0, 0.05) is 25.0 Å². The summed E-state index contributed by atoms with van der Waals surface area (Å²) < 4.78 is 61.3. The largest absolute Gasteiger partial charge is 0.493 e.